The Hall–Kier alpha value is -0.340. The molecule has 0 aromatic heterocycles. The van der Waals surface area contributed by atoms with E-state index in [1.165, 1.54) is 45.3 Å². The van der Waals surface area contributed by atoms with Gasteiger partial charge < -0.3 is 10.2 Å². The highest BCUT2D eigenvalue weighted by molar-refractivity contribution is 4.82. The van der Waals surface area contributed by atoms with Gasteiger partial charge in [0.05, 0.1) is 0 Å². The molecule has 0 aromatic carbocycles. The molecule has 2 nitrogen and oxygen atoms in total. The molecule has 1 saturated heterocycles. The first-order chi connectivity index (χ1) is 6.34. The summed E-state index contributed by atoms with van der Waals surface area (Å²) in [6.07, 6.45) is 7.17. The molecular weight excluding hydrogens is 160 g/mol. The zero-order valence-corrected chi connectivity index (χ0v) is 8.76. The van der Waals surface area contributed by atoms with E-state index in [9.17, 15) is 0 Å². The Kier molecular flexibility index (Phi) is 5.09. The van der Waals surface area contributed by atoms with Gasteiger partial charge in [0.15, 0.2) is 0 Å². The van der Waals surface area contributed by atoms with Gasteiger partial charge in [-0.3, -0.25) is 0 Å². The standard InChI is InChI=1S/C11H22N2/c1-3-4-5-6-7-8-13(2)11-9-12-10-11/h3,11-12H,1,4-10H2,2H3. The van der Waals surface area contributed by atoms with Crippen LogP contribution in [0.4, 0.5) is 0 Å². The van der Waals surface area contributed by atoms with E-state index in [4.69, 9.17) is 0 Å². The second kappa shape index (κ2) is 6.17. The van der Waals surface area contributed by atoms with E-state index in [-0.39, 0.29) is 0 Å². The monoisotopic (exact) mass is 182 g/mol. The second-order valence-electron chi connectivity index (χ2n) is 3.93. The molecule has 0 aromatic rings. The predicted octanol–water partition coefficient (Wildman–Crippen LogP) is 1.64. The maximum atomic E-state index is 3.73. The van der Waals surface area contributed by atoms with Crippen molar-refractivity contribution in [3.63, 3.8) is 0 Å². The lowest BCUT2D eigenvalue weighted by Gasteiger charge is -2.35. The Balaban J connectivity index is 1.89. The molecule has 0 unspecified atom stereocenters. The third-order valence-electron chi connectivity index (χ3n) is 2.80. The highest BCUT2D eigenvalue weighted by atomic mass is 15.2. The van der Waals surface area contributed by atoms with Gasteiger partial charge in [-0.15, -0.1) is 6.58 Å². The summed E-state index contributed by atoms with van der Waals surface area (Å²) in [5.41, 5.74) is 0. The van der Waals surface area contributed by atoms with Crippen molar-refractivity contribution in [1.29, 1.82) is 0 Å². The highest BCUT2D eigenvalue weighted by Crippen LogP contribution is 2.06. The van der Waals surface area contributed by atoms with E-state index < -0.39 is 0 Å². The maximum absolute atomic E-state index is 3.73. The van der Waals surface area contributed by atoms with Crippen molar-refractivity contribution in [2.75, 3.05) is 26.7 Å². The molecule has 1 aliphatic rings. The molecule has 1 heterocycles. The molecule has 0 atom stereocenters. The average molecular weight is 182 g/mol. The molecular formula is C11H22N2. The Labute approximate surface area is 82.0 Å². The molecule has 0 saturated carbocycles. The lowest BCUT2D eigenvalue weighted by atomic mass is 10.1. The molecule has 0 amide bonds. The van der Waals surface area contributed by atoms with Crippen molar-refractivity contribution in [2.24, 2.45) is 0 Å². The lowest BCUT2D eigenvalue weighted by Crippen LogP contribution is -2.55. The van der Waals surface area contributed by atoms with Gasteiger partial charge in [-0.05, 0) is 32.9 Å². The third-order valence-corrected chi connectivity index (χ3v) is 2.80. The SMILES string of the molecule is C=CCCCCCN(C)C1CNC1. The number of nitrogens with one attached hydrogen (secondary N) is 1. The summed E-state index contributed by atoms with van der Waals surface area (Å²) in [6, 6.07) is 0.805. The minimum atomic E-state index is 0.805. The number of rotatable bonds is 7. The number of allylic oxidation sites excluding steroid dienone is 1. The minimum Gasteiger partial charge on any atom is -0.314 e. The predicted molar refractivity (Wildman–Crippen MR) is 58.0 cm³/mol. The van der Waals surface area contributed by atoms with Gasteiger partial charge in [0, 0.05) is 19.1 Å². The summed E-state index contributed by atoms with van der Waals surface area (Å²) in [4.78, 5) is 2.48. The molecule has 1 aliphatic heterocycles. The van der Waals surface area contributed by atoms with Crippen LogP contribution in [0.2, 0.25) is 0 Å². The zero-order chi connectivity index (χ0) is 9.52. The van der Waals surface area contributed by atoms with Crippen LogP contribution in [0.3, 0.4) is 0 Å². The first-order valence-corrected chi connectivity index (χ1v) is 5.36. The van der Waals surface area contributed by atoms with Crippen LogP contribution in [-0.4, -0.2) is 37.6 Å². The lowest BCUT2D eigenvalue weighted by molar-refractivity contribution is 0.177. The van der Waals surface area contributed by atoms with Gasteiger partial charge in [-0.2, -0.15) is 0 Å². The first kappa shape index (κ1) is 10.7. The topological polar surface area (TPSA) is 15.3 Å². The average Bonchev–Trinajstić information content (AvgIpc) is 2.01. The van der Waals surface area contributed by atoms with Crippen molar-refractivity contribution in [1.82, 2.24) is 10.2 Å². The molecule has 2 heteroatoms. The van der Waals surface area contributed by atoms with Crippen molar-refractivity contribution < 1.29 is 0 Å². The Morgan fingerprint density at radius 1 is 1.38 bits per heavy atom. The summed E-state index contributed by atoms with van der Waals surface area (Å²) in [7, 11) is 2.24. The van der Waals surface area contributed by atoms with E-state index in [1.807, 2.05) is 6.08 Å². The quantitative estimate of drug-likeness (QED) is 0.475. The van der Waals surface area contributed by atoms with E-state index in [1.54, 1.807) is 0 Å². The smallest absolute Gasteiger partial charge is 0.0342 e. The Bertz CT molecular complexity index is 141. The van der Waals surface area contributed by atoms with Crippen molar-refractivity contribution in [3.05, 3.63) is 12.7 Å². The molecule has 1 N–H and O–H groups in total. The molecule has 13 heavy (non-hydrogen) atoms. The molecule has 1 fully saturated rings. The van der Waals surface area contributed by atoms with E-state index >= 15 is 0 Å². The number of hydrogen-bond acceptors (Lipinski definition) is 2. The number of hydrogen-bond donors (Lipinski definition) is 1. The third kappa shape index (κ3) is 3.92. The Morgan fingerprint density at radius 2 is 2.15 bits per heavy atom. The van der Waals surface area contributed by atoms with Crippen molar-refractivity contribution >= 4 is 0 Å². The summed E-state index contributed by atoms with van der Waals surface area (Å²) in [6.45, 7) is 7.35. The maximum Gasteiger partial charge on any atom is 0.0342 e. The Morgan fingerprint density at radius 3 is 2.69 bits per heavy atom. The van der Waals surface area contributed by atoms with Gasteiger partial charge >= 0.3 is 0 Å². The van der Waals surface area contributed by atoms with E-state index in [0.717, 1.165) is 6.04 Å². The highest BCUT2D eigenvalue weighted by Gasteiger charge is 2.20. The second-order valence-corrected chi connectivity index (χ2v) is 3.93. The first-order valence-electron chi connectivity index (χ1n) is 5.36. The van der Waals surface area contributed by atoms with Gasteiger partial charge in [0.2, 0.25) is 0 Å². The molecule has 0 aliphatic carbocycles. The van der Waals surface area contributed by atoms with Crippen molar-refractivity contribution in [2.45, 2.75) is 31.7 Å². The van der Waals surface area contributed by atoms with Gasteiger partial charge in [-0.25, -0.2) is 0 Å². The van der Waals surface area contributed by atoms with Crippen LogP contribution in [0.5, 0.6) is 0 Å². The van der Waals surface area contributed by atoms with Gasteiger partial charge in [-0.1, -0.05) is 12.5 Å². The summed E-state index contributed by atoms with van der Waals surface area (Å²) in [5.74, 6) is 0. The summed E-state index contributed by atoms with van der Waals surface area (Å²) >= 11 is 0. The van der Waals surface area contributed by atoms with Crippen LogP contribution in [-0.2, 0) is 0 Å². The molecule has 0 spiro atoms. The normalized spacial score (nSPS) is 17.4. The van der Waals surface area contributed by atoms with Gasteiger partial charge in [0.25, 0.3) is 0 Å². The molecule has 1 rings (SSSR count). The van der Waals surface area contributed by atoms with Crippen LogP contribution in [0, 0.1) is 0 Å². The fraction of sp³-hybridized carbons (Fsp3) is 0.818. The molecule has 76 valence electrons. The molecule has 0 radical (unpaired) electrons. The number of nitrogens with zero attached hydrogens (tertiary/aromatic N) is 1. The van der Waals surface area contributed by atoms with Crippen LogP contribution in [0.25, 0.3) is 0 Å². The summed E-state index contributed by atoms with van der Waals surface area (Å²) < 4.78 is 0. The largest absolute Gasteiger partial charge is 0.314 e. The van der Waals surface area contributed by atoms with Crippen molar-refractivity contribution in [3.8, 4) is 0 Å². The van der Waals surface area contributed by atoms with E-state index in [2.05, 4.69) is 23.8 Å². The van der Waals surface area contributed by atoms with Crippen LogP contribution < -0.4 is 5.32 Å². The van der Waals surface area contributed by atoms with Crippen LogP contribution in [0.1, 0.15) is 25.7 Å². The van der Waals surface area contributed by atoms with Crippen LogP contribution in [0.15, 0.2) is 12.7 Å². The van der Waals surface area contributed by atoms with Crippen LogP contribution >= 0.6 is 0 Å². The number of likely N-dealkylation sites (N-methyl/N-ethyl adjacent to an activating group) is 1. The number of unbranched alkanes of at least 4 members (excludes halogenated alkanes) is 3. The molecule has 0 bridgehead atoms. The van der Waals surface area contributed by atoms with E-state index in [0.29, 0.717) is 0 Å². The fourth-order valence-corrected chi connectivity index (χ4v) is 1.59. The zero-order valence-electron chi connectivity index (χ0n) is 8.76. The fourth-order valence-electron chi connectivity index (χ4n) is 1.59. The minimum absolute atomic E-state index is 0.805. The summed E-state index contributed by atoms with van der Waals surface area (Å²) in [5, 5.41) is 3.30. The van der Waals surface area contributed by atoms with Gasteiger partial charge in [0.1, 0.15) is 0 Å².